The minimum absolute atomic E-state index is 0.0311. The number of ether oxygens (including phenoxy) is 1. The monoisotopic (exact) mass is 276 g/mol. The zero-order valence-electron chi connectivity index (χ0n) is 11.5. The molecule has 6 heteroatoms. The number of carboxylic acid groups (broad SMARTS) is 1. The summed E-state index contributed by atoms with van der Waals surface area (Å²) in [6, 6.07) is 0. The summed E-state index contributed by atoms with van der Waals surface area (Å²) in [6.07, 6.45) is 3.08. The van der Waals surface area contributed by atoms with E-state index in [1.54, 1.807) is 6.08 Å². The molecule has 1 aliphatic heterocycles. The normalized spacial score (nSPS) is 16.2. The number of aromatic amines is 1. The van der Waals surface area contributed by atoms with Crippen LogP contribution in [0.25, 0.3) is 6.08 Å². The molecule has 0 aliphatic carbocycles. The molecule has 1 aromatic rings. The Hall–Kier alpha value is -2.50. The topological polar surface area (TPSA) is 91.4 Å². The van der Waals surface area contributed by atoms with E-state index >= 15 is 0 Å². The van der Waals surface area contributed by atoms with Crippen molar-refractivity contribution in [3.05, 3.63) is 40.0 Å². The maximum atomic E-state index is 11.3. The number of carbonyl (C=O) groups excluding carboxylic acids is 1. The molecule has 0 unspecified atom stereocenters. The van der Waals surface area contributed by atoms with Gasteiger partial charge in [0.2, 0.25) is 0 Å². The lowest BCUT2D eigenvalue weighted by molar-refractivity contribution is -0.136. The highest BCUT2D eigenvalue weighted by Crippen LogP contribution is 2.23. The van der Waals surface area contributed by atoms with Crippen LogP contribution in [-0.2, 0) is 20.7 Å². The first kappa shape index (κ1) is 13.9. The second kappa shape index (κ2) is 5.24. The first-order valence-corrected chi connectivity index (χ1v) is 6.11. The summed E-state index contributed by atoms with van der Waals surface area (Å²) in [5, 5.41) is 11.6. The van der Waals surface area contributed by atoms with Gasteiger partial charge in [-0.1, -0.05) is 0 Å². The van der Waals surface area contributed by atoms with Gasteiger partial charge in [-0.15, -0.1) is 0 Å². The fourth-order valence-electron chi connectivity index (χ4n) is 2.22. The summed E-state index contributed by atoms with van der Waals surface area (Å²) in [4.78, 5) is 25.3. The summed E-state index contributed by atoms with van der Waals surface area (Å²) >= 11 is 0. The summed E-state index contributed by atoms with van der Waals surface area (Å²) in [5.41, 5.74) is 3.75. The predicted octanol–water partition coefficient (Wildman–Crippen LogP) is 1.26. The SMILES string of the molecule is COC1=CC(=O)N/C1=C\c1[nH]c(C)c(CC(=O)O)c1C. The van der Waals surface area contributed by atoms with Crippen LogP contribution in [0.1, 0.15) is 22.5 Å². The third kappa shape index (κ3) is 2.59. The van der Waals surface area contributed by atoms with E-state index in [0.29, 0.717) is 11.5 Å². The van der Waals surface area contributed by atoms with Crippen LogP contribution in [0.3, 0.4) is 0 Å². The van der Waals surface area contributed by atoms with E-state index in [1.807, 2.05) is 13.8 Å². The Morgan fingerprint density at radius 2 is 2.15 bits per heavy atom. The molecular weight excluding hydrogens is 260 g/mol. The van der Waals surface area contributed by atoms with Crippen molar-refractivity contribution >= 4 is 18.0 Å². The minimum Gasteiger partial charge on any atom is -0.494 e. The molecule has 6 nitrogen and oxygen atoms in total. The second-order valence-corrected chi connectivity index (χ2v) is 4.60. The number of H-pyrrole nitrogens is 1. The number of rotatable bonds is 4. The lowest BCUT2D eigenvalue weighted by atomic mass is 10.1. The molecule has 106 valence electrons. The van der Waals surface area contributed by atoms with Crippen molar-refractivity contribution in [3.8, 4) is 0 Å². The maximum Gasteiger partial charge on any atom is 0.307 e. The predicted molar refractivity (Wildman–Crippen MR) is 72.8 cm³/mol. The van der Waals surface area contributed by atoms with Gasteiger partial charge in [-0.3, -0.25) is 9.59 Å². The molecule has 0 saturated carbocycles. The van der Waals surface area contributed by atoms with Gasteiger partial charge < -0.3 is 20.1 Å². The Labute approximate surface area is 116 Å². The third-order valence-electron chi connectivity index (χ3n) is 3.25. The molecule has 3 N–H and O–H groups in total. The highest BCUT2D eigenvalue weighted by Gasteiger charge is 2.20. The van der Waals surface area contributed by atoms with Gasteiger partial charge in [-0.05, 0) is 31.1 Å². The van der Waals surface area contributed by atoms with Crippen LogP contribution in [0.15, 0.2) is 17.5 Å². The minimum atomic E-state index is -0.874. The van der Waals surface area contributed by atoms with Crippen LogP contribution < -0.4 is 5.32 Å². The fourth-order valence-corrected chi connectivity index (χ4v) is 2.22. The molecule has 2 rings (SSSR count). The standard InChI is InChI=1S/C14H16N2O4/c1-7-9(4-14(18)19)8(2)15-10(7)5-11-12(20-3)6-13(17)16-11/h5-6,15H,4H2,1-3H3,(H,16,17)(H,18,19)/b11-5-. The van der Waals surface area contributed by atoms with Gasteiger partial charge in [0.25, 0.3) is 5.91 Å². The average Bonchev–Trinajstić information content (AvgIpc) is 2.84. The molecule has 1 amide bonds. The molecule has 0 fully saturated rings. The number of carbonyl (C=O) groups is 2. The molecular formula is C14H16N2O4. The molecule has 20 heavy (non-hydrogen) atoms. The van der Waals surface area contributed by atoms with Gasteiger partial charge >= 0.3 is 5.97 Å². The number of hydrogen-bond acceptors (Lipinski definition) is 3. The van der Waals surface area contributed by atoms with Crippen LogP contribution in [0.5, 0.6) is 0 Å². The number of methoxy groups -OCH3 is 1. The molecule has 1 aliphatic rings. The van der Waals surface area contributed by atoms with E-state index in [1.165, 1.54) is 13.2 Å². The van der Waals surface area contributed by atoms with E-state index < -0.39 is 5.97 Å². The van der Waals surface area contributed by atoms with Crippen LogP contribution in [-0.4, -0.2) is 29.1 Å². The lowest BCUT2D eigenvalue weighted by Crippen LogP contribution is -2.13. The number of aliphatic carboxylic acids is 1. The molecule has 2 heterocycles. The van der Waals surface area contributed by atoms with Gasteiger partial charge in [-0.2, -0.15) is 0 Å². The van der Waals surface area contributed by atoms with E-state index in [9.17, 15) is 9.59 Å². The van der Waals surface area contributed by atoms with Crippen molar-refractivity contribution in [1.29, 1.82) is 0 Å². The Morgan fingerprint density at radius 3 is 2.75 bits per heavy atom. The number of hydrogen-bond donors (Lipinski definition) is 3. The van der Waals surface area contributed by atoms with E-state index in [4.69, 9.17) is 9.84 Å². The quantitative estimate of drug-likeness (QED) is 0.772. The largest absolute Gasteiger partial charge is 0.494 e. The van der Waals surface area contributed by atoms with E-state index in [0.717, 1.165) is 22.5 Å². The van der Waals surface area contributed by atoms with Gasteiger partial charge in [0, 0.05) is 17.5 Å². The number of nitrogens with one attached hydrogen (secondary N) is 2. The van der Waals surface area contributed by atoms with Crippen LogP contribution in [0.2, 0.25) is 0 Å². The highest BCUT2D eigenvalue weighted by atomic mass is 16.5. The van der Waals surface area contributed by atoms with E-state index in [2.05, 4.69) is 10.3 Å². The molecule has 0 saturated heterocycles. The van der Waals surface area contributed by atoms with Crippen molar-refractivity contribution in [2.75, 3.05) is 7.11 Å². The van der Waals surface area contributed by atoms with E-state index in [-0.39, 0.29) is 12.3 Å². The van der Waals surface area contributed by atoms with Gasteiger partial charge in [0.1, 0.15) is 5.76 Å². The van der Waals surface area contributed by atoms with Crippen molar-refractivity contribution in [1.82, 2.24) is 10.3 Å². The lowest BCUT2D eigenvalue weighted by Gasteiger charge is -2.04. The summed E-state index contributed by atoms with van der Waals surface area (Å²) < 4.78 is 5.11. The van der Waals surface area contributed by atoms with Crippen LogP contribution in [0, 0.1) is 13.8 Å². The Balaban J connectivity index is 2.38. The Kier molecular flexibility index (Phi) is 3.65. The number of aromatic nitrogens is 1. The van der Waals surface area contributed by atoms with Gasteiger partial charge in [-0.25, -0.2) is 0 Å². The van der Waals surface area contributed by atoms with Gasteiger partial charge in [0.15, 0.2) is 0 Å². The first-order valence-electron chi connectivity index (χ1n) is 6.11. The molecule has 1 aromatic heterocycles. The molecule has 0 bridgehead atoms. The zero-order valence-corrected chi connectivity index (χ0v) is 11.5. The van der Waals surface area contributed by atoms with Crippen LogP contribution in [0.4, 0.5) is 0 Å². The molecule has 0 aromatic carbocycles. The maximum absolute atomic E-state index is 11.3. The first-order chi connectivity index (χ1) is 9.42. The average molecular weight is 276 g/mol. The van der Waals surface area contributed by atoms with Gasteiger partial charge in [0.05, 0.1) is 19.2 Å². The summed E-state index contributed by atoms with van der Waals surface area (Å²) in [7, 11) is 1.49. The number of aryl methyl sites for hydroxylation is 1. The Morgan fingerprint density at radius 1 is 1.45 bits per heavy atom. The number of amides is 1. The summed E-state index contributed by atoms with van der Waals surface area (Å²) in [6.45, 7) is 3.68. The van der Waals surface area contributed by atoms with Crippen LogP contribution >= 0.6 is 0 Å². The molecule has 0 radical (unpaired) electrons. The van der Waals surface area contributed by atoms with Crippen molar-refractivity contribution in [2.24, 2.45) is 0 Å². The zero-order chi connectivity index (χ0) is 14.9. The molecule has 0 atom stereocenters. The Bertz CT molecular complexity index is 638. The summed E-state index contributed by atoms with van der Waals surface area (Å²) in [5.74, 6) is -0.651. The van der Waals surface area contributed by atoms with Crippen molar-refractivity contribution in [3.63, 3.8) is 0 Å². The number of carboxylic acids is 1. The second-order valence-electron chi connectivity index (χ2n) is 4.60. The fraction of sp³-hybridized carbons (Fsp3) is 0.286. The third-order valence-corrected chi connectivity index (χ3v) is 3.25. The smallest absolute Gasteiger partial charge is 0.307 e. The highest BCUT2D eigenvalue weighted by molar-refractivity contribution is 5.95. The van der Waals surface area contributed by atoms with Crippen molar-refractivity contribution in [2.45, 2.75) is 20.3 Å². The van der Waals surface area contributed by atoms with Crippen molar-refractivity contribution < 1.29 is 19.4 Å². The molecule has 0 spiro atoms.